The van der Waals surface area contributed by atoms with Crippen molar-refractivity contribution in [3.63, 3.8) is 0 Å². The number of nitrogens with zero attached hydrogens (tertiary/aromatic N) is 1. The number of aromatic amines is 1. The summed E-state index contributed by atoms with van der Waals surface area (Å²) in [5, 5.41) is 9.89. The highest BCUT2D eigenvalue weighted by Crippen LogP contribution is 2.26. The third-order valence-corrected chi connectivity index (χ3v) is 2.66. The number of rotatable bonds is 3. The third kappa shape index (κ3) is 1.74. The fourth-order valence-corrected chi connectivity index (χ4v) is 1.92. The van der Waals surface area contributed by atoms with Gasteiger partial charge in [0.1, 0.15) is 5.75 Å². The standard InChI is InChI=1S/C13H14N2O/c1-3-16-10-4-5-13-12(8-10)11(6-7-14)9(2)15-13/h4-5,8,15H,3,6H2,1-2H3. The predicted molar refractivity (Wildman–Crippen MR) is 63.5 cm³/mol. The van der Waals surface area contributed by atoms with E-state index in [0.717, 1.165) is 27.9 Å². The van der Waals surface area contributed by atoms with E-state index in [9.17, 15) is 0 Å². The van der Waals surface area contributed by atoms with Crippen LogP contribution in [-0.4, -0.2) is 11.6 Å². The molecule has 2 rings (SSSR count). The Labute approximate surface area is 94.7 Å². The van der Waals surface area contributed by atoms with Gasteiger partial charge < -0.3 is 9.72 Å². The summed E-state index contributed by atoms with van der Waals surface area (Å²) in [6, 6.07) is 8.13. The van der Waals surface area contributed by atoms with Gasteiger partial charge in [0, 0.05) is 16.6 Å². The van der Waals surface area contributed by atoms with E-state index in [1.807, 2.05) is 32.0 Å². The molecule has 0 atom stereocenters. The number of nitrogens with one attached hydrogen (secondary N) is 1. The van der Waals surface area contributed by atoms with Crippen LogP contribution in [0.25, 0.3) is 10.9 Å². The van der Waals surface area contributed by atoms with Crippen molar-refractivity contribution < 1.29 is 4.74 Å². The zero-order valence-electron chi connectivity index (χ0n) is 9.50. The number of hydrogen-bond acceptors (Lipinski definition) is 2. The molecule has 0 unspecified atom stereocenters. The van der Waals surface area contributed by atoms with Gasteiger partial charge in [0.15, 0.2) is 0 Å². The van der Waals surface area contributed by atoms with Crippen LogP contribution in [0.5, 0.6) is 5.75 Å². The van der Waals surface area contributed by atoms with Crippen LogP contribution in [0, 0.1) is 18.3 Å². The number of nitriles is 1. The summed E-state index contributed by atoms with van der Waals surface area (Å²) in [6.07, 6.45) is 0.432. The van der Waals surface area contributed by atoms with E-state index in [2.05, 4.69) is 11.1 Å². The largest absolute Gasteiger partial charge is 0.494 e. The Hall–Kier alpha value is -1.95. The second kappa shape index (κ2) is 4.28. The van der Waals surface area contributed by atoms with Crippen LogP contribution in [0.2, 0.25) is 0 Å². The summed E-state index contributed by atoms with van der Waals surface area (Å²) < 4.78 is 5.46. The summed E-state index contributed by atoms with van der Waals surface area (Å²) in [7, 11) is 0. The zero-order chi connectivity index (χ0) is 11.5. The molecule has 1 aromatic heterocycles. The Morgan fingerprint density at radius 3 is 2.94 bits per heavy atom. The van der Waals surface area contributed by atoms with Crippen molar-refractivity contribution in [3.8, 4) is 11.8 Å². The topological polar surface area (TPSA) is 48.8 Å². The van der Waals surface area contributed by atoms with Gasteiger partial charge in [-0.15, -0.1) is 0 Å². The molecule has 0 amide bonds. The van der Waals surface area contributed by atoms with Crippen molar-refractivity contribution in [2.24, 2.45) is 0 Å². The minimum absolute atomic E-state index is 0.432. The second-order valence-corrected chi connectivity index (χ2v) is 3.70. The molecule has 3 heteroatoms. The summed E-state index contributed by atoms with van der Waals surface area (Å²) in [6.45, 7) is 4.61. The summed E-state index contributed by atoms with van der Waals surface area (Å²) in [4.78, 5) is 3.27. The first-order valence-corrected chi connectivity index (χ1v) is 5.37. The molecule has 16 heavy (non-hydrogen) atoms. The molecule has 0 spiro atoms. The fourth-order valence-electron chi connectivity index (χ4n) is 1.92. The van der Waals surface area contributed by atoms with Gasteiger partial charge in [0.05, 0.1) is 19.1 Å². The van der Waals surface area contributed by atoms with Gasteiger partial charge >= 0.3 is 0 Å². The van der Waals surface area contributed by atoms with E-state index in [1.54, 1.807) is 0 Å². The minimum Gasteiger partial charge on any atom is -0.494 e. The number of H-pyrrole nitrogens is 1. The maximum absolute atomic E-state index is 8.80. The number of fused-ring (bicyclic) bond motifs is 1. The number of ether oxygens (including phenoxy) is 1. The molecule has 3 nitrogen and oxygen atoms in total. The van der Waals surface area contributed by atoms with Crippen molar-refractivity contribution >= 4 is 10.9 Å². The molecule has 1 aromatic carbocycles. The molecule has 0 aliphatic heterocycles. The zero-order valence-corrected chi connectivity index (χ0v) is 9.50. The lowest BCUT2D eigenvalue weighted by Crippen LogP contribution is -1.90. The maximum Gasteiger partial charge on any atom is 0.120 e. The molecule has 0 aliphatic carbocycles. The average Bonchev–Trinajstić information content (AvgIpc) is 2.57. The third-order valence-electron chi connectivity index (χ3n) is 2.66. The summed E-state index contributed by atoms with van der Waals surface area (Å²) in [5.41, 5.74) is 3.19. The molecule has 82 valence electrons. The summed E-state index contributed by atoms with van der Waals surface area (Å²) in [5.74, 6) is 0.855. The predicted octanol–water partition coefficient (Wildman–Crippen LogP) is 2.94. The molecule has 0 bridgehead atoms. The fraction of sp³-hybridized carbons (Fsp3) is 0.308. The van der Waals surface area contributed by atoms with Crippen LogP contribution < -0.4 is 4.74 Å². The Bertz CT molecular complexity index is 549. The highest BCUT2D eigenvalue weighted by Gasteiger charge is 2.08. The molecule has 0 aliphatic rings. The first-order valence-electron chi connectivity index (χ1n) is 5.37. The second-order valence-electron chi connectivity index (χ2n) is 3.70. The van der Waals surface area contributed by atoms with E-state index in [1.165, 1.54) is 0 Å². The lowest BCUT2D eigenvalue weighted by molar-refractivity contribution is 0.340. The van der Waals surface area contributed by atoms with Crippen LogP contribution in [-0.2, 0) is 6.42 Å². The molecule has 1 heterocycles. The molecular formula is C13H14N2O. The van der Waals surface area contributed by atoms with Gasteiger partial charge in [0.25, 0.3) is 0 Å². The van der Waals surface area contributed by atoms with Gasteiger partial charge in [-0.3, -0.25) is 0 Å². The Kier molecular flexibility index (Phi) is 2.82. The first kappa shape index (κ1) is 10.6. The molecule has 2 aromatic rings. The van der Waals surface area contributed by atoms with Gasteiger partial charge in [-0.05, 0) is 37.6 Å². The Morgan fingerprint density at radius 1 is 1.44 bits per heavy atom. The number of aryl methyl sites for hydroxylation is 1. The smallest absolute Gasteiger partial charge is 0.120 e. The van der Waals surface area contributed by atoms with Crippen LogP contribution in [0.15, 0.2) is 18.2 Å². The van der Waals surface area contributed by atoms with E-state index in [4.69, 9.17) is 10.00 Å². The number of hydrogen-bond donors (Lipinski definition) is 1. The molecule has 0 saturated heterocycles. The van der Waals surface area contributed by atoms with Crippen LogP contribution >= 0.6 is 0 Å². The Balaban J connectivity index is 2.56. The molecule has 0 fully saturated rings. The highest BCUT2D eigenvalue weighted by atomic mass is 16.5. The molecular weight excluding hydrogens is 200 g/mol. The Morgan fingerprint density at radius 2 is 2.25 bits per heavy atom. The molecule has 1 N–H and O–H groups in total. The highest BCUT2D eigenvalue weighted by molar-refractivity contribution is 5.86. The van der Waals surface area contributed by atoms with Crippen LogP contribution in [0.4, 0.5) is 0 Å². The van der Waals surface area contributed by atoms with E-state index in [0.29, 0.717) is 13.0 Å². The number of benzene rings is 1. The quantitative estimate of drug-likeness (QED) is 0.853. The molecule has 0 saturated carbocycles. The normalized spacial score (nSPS) is 10.3. The van der Waals surface area contributed by atoms with Gasteiger partial charge in [-0.2, -0.15) is 5.26 Å². The number of aromatic nitrogens is 1. The van der Waals surface area contributed by atoms with Crippen molar-refractivity contribution in [2.75, 3.05) is 6.61 Å². The van der Waals surface area contributed by atoms with Crippen molar-refractivity contribution in [3.05, 3.63) is 29.5 Å². The summed E-state index contributed by atoms with van der Waals surface area (Å²) >= 11 is 0. The lowest BCUT2D eigenvalue weighted by Gasteiger charge is -2.02. The van der Waals surface area contributed by atoms with Crippen LogP contribution in [0.1, 0.15) is 18.2 Å². The maximum atomic E-state index is 8.80. The van der Waals surface area contributed by atoms with Gasteiger partial charge in [-0.25, -0.2) is 0 Å². The van der Waals surface area contributed by atoms with Gasteiger partial charge in [0.2, 0.25) is 0 Å². The lowest BCUT2D eigenvalue weighted by atomic mass is 10.1. The van der Waals surface area contributed by atoms with Crippen LogP contribution in [0.3, 0.4) is 0 Å². The molecule has 0 radical (unpaired) electrons. The SMILES string of the molecule is CCOc1ccc2[nH]c(C)c(CC#N)c2c1. The van der Waals surface area contributed by atoms with Crippen molar-refractivity contribution in [1.82, 2.24) is 4.98 Å². The minimum atomic E-state index is 0.432. The van der Waals surface area contributed by atoms with Crippen molar-refractivity contribution in [2.45, 2.75) is 20.3 Å². The van der Waals surface area contributed by atoms with Gasteiger partial charge in [-0.1, -0.05) is 0 Å². The monoisotopic (exact) mass is 214 g/mol. The van der Waals surface area contributed by atoms with Crippen molar-refractivity contribution in [1.29, 1.82) is 5.26 Å². The van der Waals surface area contributed by atoms with E-state index >= 15 is 0 Å². The first-order chi connectivity index (χ1) is 7.76. The average molecular weight is 214 g/mol. The van der Waals surface area contributed by atoms with E-state index in [-0.39, 0.29) is 0 Å². The van der Waals surface area contributed by atoms with E-state index < -0.39 is 0 Å².